The molecule has 0 saturated carbocycles. The molecule has 2 aromatic rings. The highest BCUT2D eigenvalue weighted by Crippen LogP contribution is 2.31. The van der Waals surface area contributed by atoms with Gasteiger partial charge in [0.25, 0.3) is 0 Å². The van der Waals surface area contributed by atoms with Crippen LogP contribution in [-0.4, -0.2) is 45.9 Å². The fourth-order valence-corrected chi connectivity index (χ4v) is 4.92. The molecule has 0 bridgehead atoms. The number of rotatable bonds is 6. The summed E-state index contributed by atoms with van der Waals surface area (Å²) in [4.78, 5) is 13.0. The molecule has 0 aromatic heterocycles. The van der Waals surface area contributed by atoms with Crippen LogP contribution in [0.3, 0.4) is 0 Å². The van der Waals surface area contributed by atoms with E-state index in [0.29, 0.717) is 41.6 Å². The van der Waals surface area contributed by atoms with E-state index in [1.54, 1.807) is 37.4 Å². The Morgan fingerprint density at radius 3 is 2.52 bits per heavy atom. The molecule has 7 nitrogen and oxygen atoms in total. The van der Waals surface area contributed by atoms with Crippen molar-refractivity contribution in [2.45, 2.75) is 17.7 Å². The number of benzene rings is 2. The number of halogens is 1. The van der Waals surface area contributed by atoms with Crippen molar-refractivity contribution < 1.29 is 22.7 Å². The minimum atomic E-state index is -3.69. The fourth-order valence-electron chi connectivity index (χ4n) is 3.27. The van der Waals surface area contributed by atoms with Crippen molar-refractivity contribution >= 4 is 33.2 Å². The lowest BCUT2D eigenvalue weighted by molar-refractivity contribution is -0.120. The van der Waals surface area contributed by atoms with Crippen LogP contribution in [0.2, 0.25) is 5.02 Å². The average molecular weight is 439 g/mol. The Bertz CT molecular complexity index is 979. The second-order valence-corrected chi connectivity index (χ2v) is 9.09. The van der Waals surface area contributed by atoms with Crippen molar-refractivity contribution in [2.75, 3.05) is 32.6 Å². The van der Waals surface area contributed by atoms with E-state index in [9.17, 15) is 13.2 Å². The Morgan fingerprint density at radius 2 is 1.86 bits per heavy atom. The maximum Gasteiger partial charge on any atom is 0.243 e. The molecular formula is C20H23ClN2O5S. The summed E-state index contributed by atoms with van der Waals surface area (Å²) in [6.45, 7) is 0.496. The number of methoxy groups -OCH3 is 2. The number of carbonyl (C=O) groups is 1. The van der Waals surface area contributed by atoms with E-state index in [0.717, 1.165) is 0 Å². The Labute approximate surface area is 175 Å². The second kappa shape index (κ2) is 9.02. The summed E-state index contributed by atoms with van der Waals surface area (Å²) in [5.74, 6) is 0.374. The lowest BCUT2D eigenvalue weighted by Crippen LogP contribution is -2.43. The summed E-state index contributed by atoms with van der Waals surface area (Å²) in [6.07, 6.45) is 1.21. The number of piperidine rings is 1. The summed E-state index contributed by atoms with van der Waals surface area (Å²) in [6, 6.07) is 11.1. The van der Waals surface area contributed by atoms with E-state index in [4.69, 9.17) is 21.1 Å². The molecule has 1 heterocycles. The average Bonchev–Trinajstić information content (AvgIpc) is 2.74. The third-order valence-corrected chi connectivity index (χ3v) is 7.00. The molecule has 9 heteroatoms. The molecule has 0 aliphatic carbocycles. The van der Waals surface area contributed by atoms with E-state index in [2.05, 4.69) is 5.32 Å². The van der Waals surface area contributed by atoms with Crippen LogP contribution in [0.15, 0.2) is 47.4 Å². The molecule has 156 valence electrons. The molecule has 1 N–H and O–H groups in total. The highest BCUT2D eigenvalue weighted by molar-refractivity contribution is 7.89. The van der Waals surface area contributed by atoms with Gasteiger partial charge in [0, 0.05) is 24.2 Å². The van der Waals surface area contributed by atoms with Gasteiger partial charge in [-0.2, -0.15) is 4.31 Å². The van der Waals surface area contributed by atoms with E-state index < -0.39 is 15.9 Å². The van der Waals surface area contributed by atoms with Gasteiger partial charge in [0.2, 0.25) is 15.9 Å². The summed E-state index contributed by atoms with van der Waals surface area (Å²) in [7, 11) is -0.635. The highest BCUT2D eigenvalue weighted by Gasteiger charge is 2.33. The minimum absolute atomic E-state index is 0.120. The first-order valence-corrected chi connectivity index (χ1v) is 11.0. The van der Waals surface area contributed by atoms with Crippen molar-refractivity contribution in [3.8, 4) is 11.5 Å². The normalized spacial score (nSPS) is 17.6. The van der Waals surface area contributed by atoms with Crippen LogP contribution in [0.4, 0.5) is 5.69 Å². The maximum absolute atomic E-state index is 12.9. The zero-order valence-corrected chi connectivity index (χ0v) is 17.8. The number of nitrogens with zero attached hydrogens (tertiary/aromatic N) is 1. The van der Waals surface area contributed by atoms with E-state index in [1.807, 2.05) is 0 Å². The van der Waals surface area contributed by atoms with Gasteiger partial charge in [-0.05, 0) is 49.2 Å². The Kier molecular flexibility index (Phi) is 6.66. The Balaban J connectivity index is 1.73. The monoisotopic (exact) mass is 438 g/mol. The molecule has 1 aliphatic rings. The number of nitrogens with one attached hydrogen (secondary N) is 1. The molecule has 0 unspecified atom stereocenters. The number of ether oxygens (including phenoxy) is 2. The molecule has 1 atom stereocenters. The van der Waals surface area contributed by atoms with Gasteiger partial charge in [0.15, 0.2) is 0 Å². The predicted molar refractivity (Wildman–Crippen MR) is 111 cm³/mol. The number of amides is 1. The topological polar surface area (TPSA) is 84.9 Å². The predicted octanol–water partition coefficient (Wildman–Crippen LogP) is 3.40. The maximum atomic E-state index is 12.9. The quantitative estimate of drug-likeness (QED) is 0.747. The first-order chi connectivity index (χ1) is 13.8. The van der Waals surface area contributed by atoms with Crippen LogP contribution in [0.25, 0.3) is 0 Å². The number of hydrogen-bond donors (Lipinski definition) is 1. The number of carbonyl (C=O) groups excluding carboxylic acids is 1. The summed E-state index contributed by atoms with van der Waals surface area (Å²) in [5, 5.41) is 3.31. The first kappa shape index (κ1) is 21.4. The molecule has 0 radical (unpaired) electrons. The van der Waals surface area contributed by atoms with Crippen molar-refractivity contribution in [3.63, 3.8) is 0 Å². The van der Waals surface area contributed by atoms with Crippen LogP contribution in [-0.2, 0) is 14.8 Å². The van der Waals surface area contributed by atoms with Crippen molar-refractivity contribution in [1.82, 2.24) is 4.31 Å². The second-order valence-electron chi connectivity index (χ2n) is 6.71. The van der Waals surface area contributed by atoms with Gasteiger partial charge in [-0.3, -0.25) is 4.79 Å². The van der Waals surface area contributed by atoms with Crippen molar-refractivity contribution in [1.29, 1.82) is 0 Å². The largest absolute Gasteiger partial charge is 0.497 e. The van der Waals surface area contributed by atoms with Crippen LogP contribution < -0.4 is 14.8 Å². The number of sulfonamides is 1. The number of hydrogen-bond acceptors (Lipinski definition) is 5. The molecule has 1 amide bonds. The number of anilines is 1. The summed E-state index contributed by atoms with van der Waals surface area (Å²) < 4.78 is 37.6. The van der Waals surface area contributed by atoms with Crippen molar-refractivity contribution in [3.05, 3.63) is 47.5 Å². The van der Waals surface area contributed by atoms with Crippen LogP contribution in [0, 0.1) is 5.92 Å². The fraction of sp³-hybridized carbons (Fsp3) is 0.350. The van der Waals surface area contributed by atoms with Gasteiger partial charge < -0.3 is 14.8 Å². The molecule has 2 aromatic carbocycles. The molecule has 29 heavy (non-hydrogen) atoms. The molecule has 1 fully saturated rings. The third kappa shape index (κ3) is 4.83. The zero-order chi connectivity index (χ0) is 21.0. The molecular weight excluding hydrogens is 416 g/mol. The third-order valence-electron chi connectivity index (χ3n) is 4.87. The van der Waals surface area contributed by atoms with Gasteiger partial charge in [-0.15, -0.1) is 0 Å². The lowest BCUT2D eigenvalue weighted by atomic mass is 9.98. The molecule has 3 rings (SSSR count). The van der Waals surface area contributed by atoms with E-state index in [1.165, 1.54) is 23.5 Å². The first-order valence-electron chi connectivity index (χ1n) is 9.13. The zero-order valence-electron chi connectivity index (χ0n) is 16.2. The van der Waals surface area contributed by atoms with Gasteiger partial charge >= 0.3 is 0 Å². The molecule has 0 spiro atoms. The van der Waals surface area contributed by atoms with Crippen LogP contribution in [0.1, 0.15) is 12.8 Å². The Hall–Kier alpha value is -2.29. The van der Waals surface area contributed by atoms with Gasteiger partial charge in [-0.25, -0.2) is 8.42 Å². The summed E-state index contributed by atoms with van der Waals surface area (Å²) in [5.41, 5.74) is 0.510. The highest BCUT2D eigenvalue weighted by atomic mass is 35.5. The molecule has 1 aliphatic heterocycles. The standard InChI is InChI=1S/C20H23ClN2O5S/c1-27-16-7-10-18(19(12-16)28-2)22-20(24)14-4-3-11-23(13-14)29(25,26)17-8-5-15(21)6-9-17/h5-10,12,14H,3-4,11,13H2,1-2H3,(H,22,24)/t14-/m1/s1. The van der Waals surface area contributed by atoms with Gasteiger partial charge in [-0.1, -0.05) is 11.6 Å². The van der Waals surface area contributed by atoms with Crippen LogP contribution in [0.5, 0.6) is 11.5 Å². The van der Waals surface area contributed by atoms with Crippen LogP contribution >= 0.6 is 11.6 Å². The van der Waals surface area contributed by atoms with E-state index in [-0.39, 0.29) is 17.3 Å². The Morgan fingerprint density at radius 1 is 1.14 bits per heavy atom. The van der Waals surface area contributed by atoms with Crippen molar-refractivity contribution in [2.24, 2.45) is 5.92 Å². The van der Waals surface area contributed by atoms with Gasteiger partial charge in [0.1, 0.15) is 11.5 Å². The molecule has 1 saturated heterocycles. The van der Waals surface area contributed by atoms with Gasteiger partial charge in [0.05, 0.1) is 30.7 Å². The summed E-state index contributed by atoms with van der Waals surface area (Å²) >= 11 is 5.85. The smallest absolute Gasteiger partial charge is 0.243 e. The minimum Gasteiger partial charge on any atom is -0.497 e. The SMILES string of the molecule is COc1ccc(NC(=O)[C@@H]2CCCN(S(=O)(=O)c3ccc(Cl)cc3)C2)c(OC)c1. The van der Waals surface area contributed by atoms with E-state index >= 15 is 0 Å². The lowest BCUT2D eigenvalue weighted by Gasteiger charge is -2.31.